The quantitative estimate of drug-likeness (QED) is 0.615. The van der Waals surface area contributed by atoms with Gasteiger partial charge in [0, 0.05) is 45.3 Å². The van der Waals surface area contributed by atoms with Crippen LogP contribution in [0.2, 0.25) is 0 Å². The lowest BCUT2D eigenvalue weighted by molar-refractivity contribution is -0.127. The summed E-state index contributed by atoms with van der Waals surface area (Å²) >= 11 is 1.42. The van der Waals surface area contributed by atoms with E-state index in [0.717, 1.165) is 5.56 Å². The van der Waals surface area contributed by atoms with Crippen LogP contribution in [0.3, 0.4) is 0 Å². The average molecular weight is 476 g/mol. The molecular weight excluding hydrogens is 450 g/mol. The number of piperazine rings is 1. The van der Waals surface area contributed by atoms with Crippen molar-refractivity contribution in [1.82, 2.24) is 14.1 Å². The van der Waals surface area contributed by atoms with Crippen LogP contribution in [0.4, 0.5) is 0 Å². The zero-order valence-corrected chi connectivity index (χ0v) is 19.2. The van der Waals surface area contributed by atoms with Crippen molar-refractivity contribution in [3.05, 3.63) is 58.3 Å². The summed E-state index contributed by atoms with van der Waals surface area (Å²) in [6.45, 7) is 3.48. The molecule has 2 fully saturated rings. The van der Waals surface area contributed by atoms with E-state index >= 15 is 0 Å². The van der Waals surface area contributed by atoms with Crippen molar-refractivity contribution in [2.75, 3.05) is 52.5 Å². The highest BCUT2D eigenvalue weighted by Gasteiger charge is 2.26. The summed E-state index contributed by atoms with van der Waals surface area (Å²) in [5, 5.41) is 1.88. The predicted octanol–water partition coefficient (Wildman–Crippen LogP) is 1.77. The van der Waals surface area contributed by atoms with Gasteiger partial charge in [-0.3, -0.25) is 9.59 Å². The second-order valence-corrected chi connectivity index (χ2v) is 10.4. The van der Waals surface area contributed by atoms with Gasteiger partial charge in [0.2, 0.25) is 15.9 Å². The molecule has 0 aliphatic carbocycles. The minimum absolute atomic E-state index is 0.00904. The summed E-state index contributed by atoms with van der Waals surface area (Å²) in [4.78, 5) is 29.4. The van der Waals surface area contributed by atoms with E-state index in [1.54, 1.807) is 40.1 Å². The number of benzene rings is 1. The van der Waals surface area contributed by atoms with Gasteiger partial charge in [0.15, 0.2) is 0 Å². The molecule has 0 bridgehead atoms. The van der Waals surface area contributed by atoms with Gasteiger partial charge >= 0.3 is 0 Å². The maximum Gasteiger partial charge on any atom is 0.264 e. The van der Waals surface area contributed by atoms with E-state index in [1.165, 1.54) is 21.7 Å². The molecule has 0 saturated carbocycles. The Morgan fingerprint density at radius 1 is 0.906 bits per heavy atom. The largest absolute Gasteiger partial charge is 0.379 e. The number of sulfonamides is 1. The van der Waals surface area contributed by atoms with Crippen molar-refractivity contribution in [1.29, 1.82) is 0 Å². The van der Waals surface area contributed by atoms with E-state index in [9.17, 15) is 18.0 Å². The van der Waals surface area contributed by atoms with Crippen LogP contribution < -0.4 is 0 Å². The summed E-state index contributed by atoms with van der Waals surface area (Å²) in [5.41, 5.74) is 0.741. The van der Waals surface area contributed by atoms with Gasteiger partial charge in [0.1, 0.15) is 0 Å². The minimum atomic E-state index is -3.53. The normalized spacial score (nSPS) is 18.2. The van der Waals surface area contributed by atoms with Crippen LogP contribution >= 0.6 is 11.3 Å². The van der Waals surface area contributed by atoms with E-state index in [2.05, 4.69) is 0 Å². The lowest BCUT2D eigenvalue weighted by atomic mass is 10.2. The summed E-state index contributed by atoms with van der Waals surface area (Å²) in [7, 11) is -3.53. The summed E-state index contributed by atoms with van der Waals surface area (Å²) < 4.78 is 32.0. The van der Waals surface area contributed by atoms with Gasteiger partial charge in [-0.25, -0.2) is 8.42 Å². The Bertz CT molecular complexity index is 1070. The summed E-state index contributed by atoms with van der Waals surface area (Å²) in [5.74, 6) is -0.118. The molecule has 1 aromatic carbocycles. The van der Waals surface area contributed by atoms with Gasteiger partial charge in [-0.15, -0.1) is 11.3 Å². The second kappa shape index (κ2) is 9.95. The van der Waals surface area contributed by atoms with Crippen LogP contribution in [0.5, 0.6) is 0 Å². The van der Waals surface area contributed by atoms with Crippen LogP contribution in [-0.4, -0.2) is 86.8 Å². The molecule has 0 radical (unpaired) electrons. The van der Waals surface area contributed by atoms with E-state index in [1.807, 2.05) is 17.5 Å². The molecule has 2 aromatic rings. The molecule has 2 aliphatic rings. The van der Waals surface area contributed by atoms with Crippen molar-refractivity contribution < 1.29 is 22.7 Å². The third-order valence-electron chi connectivity index (χ3n) is 5.52. The fraction of sp³-hybridized carbons (Fsp3) is 0.364. The fourth-order valence-corrected chi connectivity index (χ4v) is 5.74. The van der Waals surface area contributed by atoms with Crippen molar-refractivity contribution in [2.24, 2.45) is 0 Å². The standard InChI is InChI=1S/C22H25N3O5S2/c26-21(23-9-11-24(12-10-23)22(27)20-2-1-17-31-20)8-5-18-3-6-19(7-4-18)32(28,29)25-13-15-30-16-14-25/h1-8,17H,9-16H2/b8-5+. The van der Waals surface area contributed by atoms with Crippen LogP contribution in [0.1, 0.15) is 15.2 Å². The van der Waals surface area contributed by atoms with Crippen LogP contribution in [-0.2, 0) is 19.6 Å². The highest BCUT2D eigenvalue weighted by molar-refractivity contribution is 7.89. The van der Waals surface area contributed by atoms with Crippen molar-refractivity contribution >= 4 is 39.3 Å². The molecule has 8 nitrogen and oxygen atoms in total. The van der Waals surface area contributed by atoms with Crippen molar-refractivity contribution in [3.8, 4) is 0 Å². The highest BCUT2D eigenvalue weighted by atomic mass is 32.2. The van der Waals surface area contributed by atoms with Crippen molar-refractivity contribution in [2.45, 2.75) is 4.90 Å². The first-order valence-electron chi connectivity index (χ1n) is 10.4. The number of rotatable bonds is 5. The lowest BCUT2D eigenvalue weighted by Crippen LogP contribution is -2.50. The van der Waals surface area contributed by atoms with E-state index < -0.39 is 10.0 Å². The molecule has 32 heavy (non-hydrogen) atoms. The maximum atomic E-state index is 12.7. The average Bonchev–Trinajstić information content (AvgIpc) is 3.38. The molecule has 2 aliphatic heterocycles. The molecule has 2 saturated heterocycles. The van der Waals surface area contributed by atoms with Gasteiger partial charge in [-0.2, -0.15) is 4.31 Å². The molecular formula is C22H25N3O5S2. The van der Waals surface area contributed by atoms with Gasteiger partial charge < -0.3 is 14.5 Å². The van der Waals surface area contributed by atoms with E-state index in [0.29, 0.717) is 57.4 Å². The number of carbonyl (C=O) groups is 2. The Morgan fingerprint density at radius 2 is 1.56 bits per heavy atom. The predicted molar refractivity (Wildman–Crippen MR) is 122 cm³/mol. The topological polar surface area (TPSA) is 87.2 Å². The number of thiophene rings is 1. The second-order valence-electron chi connectivity index (χ2n) is 7.51. The number of morpholine rings is 1. The number of hydrogen-bond donors (Lipinski definition) is 0. The van der Waals surface area contributed by atoms with Crippen LogP contribution in [0, 0.1) is 0 Å². The first-order chi connectivity index (χ1) is 15.4. The van der Waals surface area contributed by atoms with Gasteiger partial charge in [-0.1, -0.05) is 18.2 Å². The molecule has 170 valence electrons. The highest BCUT2D eigenvalue weighted by Crippen LogP contribution is 2.18. The Labute approximate surface area is 191 Å². The van der Waals surface area contributed by atoms with Gasteiger partial charge in [0.05, 0.1) is 23.0 Å². The number of ether oxygens (including phenoxy) is 1. The van der Waals surface area contributed by atoms with Gasteiger partial charge in [0.25, 0.3) is 5.91 Å². The Hall–Kier alpha value is -2.53. The van der Waals surface area contributed by atoms with Crippen molar-refractivity contribution in [3.63, 3.8) is 0 Å². The van der Waals surface area contributed by atoms with E-state index in [4.69, 9.17) is 4.74 Å². The molecule has 1 aromatic heterocycles. The zero-order valence-electron chi connectivity index (χ0n) is 17.6. The minimum Gasteiger partial charge on any atom is -0.379 e. The van der Waals surface area contributed by atoms with Gasteiger partial charge in [-0.05, 0) is 35.2 Å². The molecule has 2 amide bonds. The van der Waals surface area contributed by atoms with E-state index in [-0.39, 0.29) is 16.7 Å². The maximum absolute atomic E-state index is 12.7. The van der Waals surface area contributed by atoms with Crippen LogP contribution in [0.15, 0.2) is 52.7 Å². The Morgan fingerprint density at radius 3 is 2.19 bits per heavy atom. The fourth-order valence-electron chi connectivity index (χ4n) is 3.65. The molecule has 10 heteroatoms. The monoisotopic (exact) mass is 475 g/mol. The number of hydrogen-bond acceptors (Lipinski definition) is 6. The molecule has 0 atom stereocenters. The van der Waals surface area contributed by atoms with Crippen LogP contribution in [0.25, 0.3) is 6.08 Å². The first kappa shape index (κ1) is 22.7. The molecule has 0 spiro atoms. The number of nitrogens with zero attached hydrogens (tertiary/aromatic N) is 3. The molecule has 3 heterocycles. The number of carbonyl (C=O) groups excluding carboxylic acids is 2. The Kier molecular flexibility index (Phi) is 7.04. The SMILES string of the molecule is O=C(/C=C/c1ccc(S(=O)(=O)N2CCOCC2)cc1)N1CCN(C(=O)c2cccs2)CC1. The lowest BCUT2D eigenvalue weighted by Gasteiger charge is -2.34. The Balaban J connectivity index is 1.31. The number of amides is 2. The molecule has 4 rings (SSSR count). The third kappa shape index (κ3) is 5.09. The molecule has 0 N–H and O–H groups in total. The zero-order chi connectivity index (χ0) is 22.6. The summed E-state index contributed by atoms with van der Waals surface area (Å²) in [6.07, 6.45) is 3.17. The summed E-state index contributed by atoms with van der Waals surface area (Å²) in [6, 6.07) is 10.2. The third-order valence-corrected chi connectivity index (χ3v) is 8.29. The first-order valence-corrected chi connectivity index (χ1v) is 12.7. The smallest absolute Gasteiger partial charge is 0.264 e. The molecule has 0 unspecified atom stereocenters.